The summed E-state index contributed by atoms with van der Waals surface area (Å²) in [6.07, 6.45) is 8.53. The smallest absolute Gasteiger partial charge is 0.273 e. The predicted molar refractivity (Wildman–Crippen MR) is 121 cm³/mol. The summed E-state index contributed by atoms with van der Waals surface area (Å²) in [7, 11) is 1.55. The molecule has 1 fully saturated rings. The number of carbonyl (C=O) groups excluding carboxylic acids is 1. The molecule has 2 N–H and O–H groups in total. The number of amides is 1. The largest absolute Gasteiger partial charge is 0.481 e. The van der Waals surface area contributed by atoms with Crippen LogP contribution in [0.1, 0.15) is 59.0 Å². The molecule has 0 atom stereocenters. The fraction of sp³-hybridized carbons (Fsp3) is 0.391. The van der Waals surface area contributed by atoms with E-state index in [1.165, 1.54) is 18.5 Å². The van der Waals surface area contributed by atoms with Crippen LogP contribution in [0, 0.1) is 0 Å². The van der Waals surface area contributed by atoms with Gasteiger partial charge < -0.3 is 15.0 Å². The maximum Gasteiger partial charge on any atom is 0.273 e. The molecule has 4 aromatic heterocycles. The molecule has 4 heterocycles. The fourth-order valence-corrected chi connectivity index (χ4v) is 3.83. The van der Waals surface area contributed by atoms with Crippen LogP contribution in [0.25, 0.3) is 11.0 Å². The fourth-order valence-electron chi connectivity index (χ4n) is 3.83. The summed E-state index contributed by atoms with van der Waals surface area (Å²) in [5, 5.41) is 20.7. The molecule has 10 heteroatoms. The summed E-state index contributed by atoms with van der Waals surface area (Å²) in [5.41, 5.74) is 4.23. The topological polar surface area (TPSA) is 124 Å². The molecule has 10 nitrogen and oxygen atoms in total. The van der Waals surface area contributed by atoms with Crippen molar-refractivity contribution in [2.45, 2.75) is 51.1 Å². The van der Waals surface area contributed by atoms with Gasteiger partial charge in [-0.25, -0.2) is 4.98 Å². The third kappa shape index (κ3) is 5.00. The van der Waals surface area contributed by atoms with E-state index in [9.17, 15) is 4.79 Å². The minimum Gasteiger partial charge on any atom is -0.481 e. The van der Waals surface area contributed by atoms with E-state index in [1.807, 2.05) is 6.07 Å². The molecule has 170 valence electrons. The second kappa shape index (κ2) is 9.35. The number of pyridine rings is 1. The van der Waals surface area contributed by atoms with Gasteiger partial charge in [-0.05, 0) is 56.2 Å². The summed E-state index contributed by atoms with van der Waals surface area (Å²) < 4.78 is 6.90. The quantitative estimate of drug-likeness (QED) is 0.359. The van der Waals surface area contributed by atoms with Crippen LogP contribution in [0.3, 0.4) is 0 Å². The van der Waals surface area contributed by atoms with E-state index in [-0.39, 0.29) is 11.6 Å². The number of H-pyrrole nitrogens is 1. The number of rotatable bonds is 10. The Hall–Kier alpha value is -3.82. The van der Waals surface area contributed by atoms with Gasteiger partial charge in [0.1, 0.15) is 0 Å². The standard InChI is InChI=1S/C23H26N8O2/c1-33-23-16(5-4-9-24-23)13-25-22(32)20-14-31(30-28-20)10-3-2-6-18-11-17-12-19(15-7-8-15)26-21(17)29-27-18/h4-5,9,11-12,14-15H,2-3,6-8,10,13H2,1H3,(H,25,32)(H,26,29). The van der Waals surface area contributed by atoms with Crippen LogP contribution < -0.4 is 10.1 Å². The van der Waals surface area contributed by atoms with Crippen LogP contribution in [-0.4, -0.2) is 48.2 Å². The maximum atomic E-state index is 12.4. The summed E-state index contributed by atoms with van der Waals surface area (Å²) in [6, 6.07) is 7.98. The first-order valence-corrected chi connectivity index (χ1v) is 11.2. The second-order valence-corrected chi connectivity index (χ2v) is 8.32. The van der Waals surface area contributed by atoms with Crippen molar-refractivity contribution in [3.63, 3.8) is 0 Å². The van der Waals surface area contributed by atoms with Crippen LogP contribution in [0.2, 0.25) is 0 Å². The molecule has 1 saturated carbocycles. The number of hydrogen-bond donors (Lipinski definition) is 2. The van der Waals surface area contributed by atoms with Gasteiger partial charge in [-0.2, -0.15) is 5.10 Å². The first-order chi connectivity index (χ1) is 16.2. The molecule has 33 heavy (non-hydrogen) atoms. The Kier molecular flexibility index (Phi) is 5.97. The van der Waals surface area contributed by atoms with Crippen molar-refractivity contribution < 1.29 is 9.53 Å². The van der Waals surface area contributed by atoms with Gasteiger partial charge in [0, 0.05) is 35.9 Å². The van der Waals surface area contributed by atoms with Gasteiger partial charge in [-0.3, -0.25) is 9.48 Å². The molecule has 4 aromatic rings. The molecule has 1 amide bonds. The normalized spacial score (nSPS) is 13.4. The van der Waals surface area contributed by atoms with Crippen LogP contribution >= 0.6 is 0 Å². The van der Waals surface area contributed by atoms with E-state index in [0.717, 1.165) is 41.6 Å². The first-order valence-electron chi connectivity index (χ1n) is 11.2. The SMILES string of the molecule is COc1ncccc1CNC(=O)c1cn(CCCCc2cc3cc(C4CC4)[nH]c3nn2)nn1. The van der Waals surface area contributed by atoms with Gasteiger partial charge in [-0.15, -0.1) is 10.2 Å². The lowest BCUT2D eigenvalue weighted by Crippen LogP contribution is -2.23. The predicted octanol–water partition coefficient (Wildman–Crippen LogP) is 2.78. The monoisotopic (exact) mass is 446 g/mol. The minimum absolute atomic E-state index is 0.284. The molecule has 0 saturated heterocycles. The van der Waals surface area contributed by atoms with E-state index >= 15 is 0 Å². The molecular weight excluding hydrogens is 420 g/mol. The maximum absolute atomic E-state index is 12.4. The zero-order valence-corrected chi connectivity index (χ0v) is 18.5. The van der Waals surface area contributed by atoms with Crippen LogP contribution in [0.15, 0.2) is 36.7 Å². The highest BCUT2D eigenvalue weighted by Crippen LogP contribution is 2.40. The Morgan fingerprint density at radius 3 is 3.00 bits per heavy atom. The Labute approximate surface area is 190 Å². The van der Waals surface area contributed by atoms with E-state index in [1.54, 1.807) is 30.3 Å². The van der Waals surface area contributed by atoms with Crippen molar-refractivity contribution in [2.75, 3.05) is 7.11 Å². The minimum atomic E-state index is -0.284. The van der Waals surface area contributed by atoms with Crippen molar-refractivity contribution in [3.8, 4) is 5.88 Å². The molecule has 0 unspecified atom stereocenters. The van der Waals surface area contributed by atoms with Crippen LogP contribution in [0.5, 0.6) is 5.88 Å². The highest BCUT2D eigenvalue weighted by molar-refractivity contribution is 5.91. The molecule has 0 radical (unpaired) electrons. The molecule has 5 rings (SSSR count). The third-order valence-electron chi connectivity index (χ3n) is 5.79. The van der Waals surface area contributed by atoms with E-state index < -0.39 is 0 Å². The lowest BCUT2D eigenvalue weighted by molar-refractivity contribution is 0.0945. The number of aryl methyl sites for hydroxylation is 2. The van der Waals surface area contributed by atoms with Crippen molar-refractivity contribution in [2.24, 2.45) is 0 Å². The van der Waals surface area contributed by atoms with Crippen molar-refractivity contribution in [3.05, 3.63) is 59.3 Å². The summed E-state index contributed by atoms with van der Waals surface area (Å²) in [4.78, 5) is 19.9. The zero-order valence-electron chi connectivity index (χ0n) is 18.5. The second-order valence-electron chi connectivity index (χ2n) is 8.32. The first kappa shape index (κ1) is 21.0. The number of nitrogens with zero attached hydrogens (tertiary/aromatic N) is 6. The molecule has 0 aromatic carbocycles. The molecule has 0 spiro atoms. The Morgan fingerprint density at radius 2 is 2.15 bits per heavy atom. The summed E-state index contributed by atoms with van der Waals surface area (Å²) in [5.74, 6) is 0.883. The van der Waals surface area contributed by atoms with E-state index in [4.69, 9.17) is 4.74 Å². The number of fused-ring (bicyclic) bond motifs is 1. The van der Waals surface area contributed by atoms with Crippen LogP contribution in [-0.2, 0) is 19.5 Å². The molecule has 0 bridgehead atoms. The van der Waals surface area contributed by atoms with E-state index in [0.29, 0.717) is 24.9 Å². The van der Waals surface area contributed by atoms with Gasteiger partial charge >= 0.3 is 0 Å². The highest BCUT2D eigenvalue weighted by Gasteiger charge is 2.25. The number of unbranched alkanes of at least 4 members (excludes halogenated alkanes) is 1. The Balaban J connectivity index is 1.08. The number of nitrogens with one attached hydrogen (secondary N) is 2. The molecule has 1 aliphatic carbocycles. The van der Waals surface area contributed by atoms with Gasteiger partial charge in [0.15, 0.2) is 11.3 Å². The van der Waals surface area contributed by atoms with Gasteiger partial charge in [-0.1, -0.05) is 11.3 Å². The number of ether oxygens (including phenoxy) is 1. The van der Waals surface area contributed by atoms with E-state index in [2.05, 4.69) is 47.9 Å². The number of carbonyl (C=O) groups is 1. The Bertz CT molecular complexity index is 1260. The van der Waals surface area contributed by atoms with Crippen molar-refractivity contribution in [1.29, 1.82) is 0 Å². The van der Waals surface area contributed by atoms with Crippen molar-refractivity contribution >= 4 is 16.9 Å². The Morgan fingerprint density at radius 1 is 1.24 bits per heavy atom. The van der Waals surface area contributed by atoms with Gasteiger partial charge in [0.25, 0.3) is 5.91 Å². The average molecular weight is 447 g/mol. The highest BCUT2D eigenvalue weighted by atomic mass is 16.5. The number of aromatic amines is 1. The number of aromatic nitrogens is 7. The lowest BCUT2D eigenvalue weighted by Gasteiger charge is -2.07. The van der Waals surface area contributed by atoms with Gasteiger partial charge in [0.2, 0.25) is 5.88 Å². The lowest BCUT2D eigenvalue weighted by atomic mass is 10.1. The summed E-state index contributed by atoms with van der Waals surface area (Å²) >= 11 is 0. The third-order valence-corrected chi connectivity index (χ3v) is 5.79. The number of methoxy groups -OCH3 is 1. The molecule has 1 aliphatic rings. The van der Waals surface area contributed by atoms with Crippen molar-refractivity contribution in [1.82, 2.24) is 40.5 Å². The average Bonchev–Trinajstić information content (AvgIpc) is 3.43. The van der Waals surface area contributed by atoms with Crippen LogP contribution in [0.4, 0.5) is 0 Å². The van der Waals surface area contributed by atoms with Gasteiger partial charge in [0.05, 0.1) is 19.0 Å². The number of hydrogen-bond acceptors (Lipinski definition) is 7. The zero-order chi connectivity index (χ0) is 22.6. The molecule has 0 aliphatic heterocycles. The summed E-state index contributed by atoms with van der Waals surface area (Å²) in [6.45, 7) is 0.986. The molecular formula is C23H26N8O2.